The SMILES string of the molecule is COC(=O)c1ccc(OCC(=O)N2CCN(c3ccc(C(C)=O)cc3F)CC2)cc1. The first-order valence-corrected chi connectivity index (χ1v) is 9.53. The first-order valence-electron chi connectivity index (χ1n) is 9.53. The van der Waals surface area contributed by atoms with Gasteiger partial charge < -0.3 is 19.3 Å². The predicted octanol–water partition coefficient (Wildman–Crippen LogP) is 2.54. The molecular weight excluding hydrogens is 391 g/mol. The van der Waals surface area contributed by atoms with Crippen LogP contribution in [-0.2, 0) is 9.53 Å². The summed E-state index contributed by atoms with van der Waals surface area (Å²) in [5.74, 6) is -0.763. The standard InChI is InChI=1S/C22H23FN2O5/c1-15(26)17-5-8-20(19(23)13-17)24-9-11-25(12-10-24)21(27)14-30-18-6-3-16(4-7-18)22(28)29-2/h3-8,13H,9-12,14H2,1-2H3. The van der Waals surface area contributed by atoms with Gasteiger partial charge >= 0.3 is 5.97 Å². The maximum absolute atomic E-state index is 14.3. The second kappa shape index (κ2) is 9.39. The van der Waals surface area contributed by atoms with Gasteiger partial charge in [-0.1, -0.05) is 0 Å². The van der Waals surface area contributed by atoms with Crippen molar-refractivity contribution >= 4 is 23.3 Å². The number of methoxy groups -OCH3 is 1. The van der Waals surface area contributed by atoms with Crippen molar-refractivity contribution in [2.45, 2.75) is 6.92 Å². The van der Waals surface area contributed by atoms with Crippen LogP contribution in [0.25, 0.3) is 0 Å². The number of amides is 1. The molecule has 8 heteroatoms. The minimum absolute atomic E-state index is 0.126. The van der Waals surface area contributed by atoms with E-state index in [4.69, 9.17) is 4.74 Å². The molecule has 1 heterocycles. The molecule has 0 atom stereocenters. The summed E-state index contributed by atoms with van der Waals surface area (Å²) in [6, 6.07) is 10.8. The van der Waals surface area contributed by atoms with Crippen LogP contribution in [0.2, 0.25) is 0 Å². The second-order valence-corrected chi connectivity index (χ2v) is 6.89. The maximum atomic E-state index is 14.3. The van der Waals surface area contributed by atoms with Crippen molar-refractivity contribution in [1.29, 1.82) is 0 Å². The van der Waals surface area contributed by atoms with Gasteiger partial charge in [-0.3, -0.25) is 9.59 Å². The Bertz CT molecular complexity index is 937. The number of ketones is 1. The third kappa shape index (κ3) is 4.94. The fourth-order valence-electron chi connectivity index (χ4n) is 3.22. The van der Waals surface area contributed by atoms with Crippen LogP contribution in [0.3, 0.4) is 0 Å². The topological polar surface area (TPSA) is 76.2 Å². The average Bonchev–Trinajstić information content (AvgIpc) is 2.77. The molecule has 3 rings (SSSR count). The molecule has 0 N–H and O–H groups in total. The van der Waals surface area contributed by atoms with Crippen LogP contribution >= 0.6 is 0 Å². The Kier molecular flexibility index (Phi) is 6.66. The molecular formula is C22H23FN2O5. The Morgan fingerprint density at radius 1 is 0.967 bits per heavy atom. The zero-order valence-corrected chi connectivity index (χ0v) is 16.9. The highest BCUT2D eigenvalue weighted by Crippen LogP contribution is 2.22. The average molecular weight is 414 g/mol. The summed E-state index contributed by atoms with van der Waals surface area (Å²) in [7, 11) is 1.31. The van der Waals surface area contributed by atoms with Crippen LogP contribution in [0.4, 0.5) is 10.1 Å². The summed E-state index contributed by atoms with van der Waals surface area (Å²) in [6.45, 7) is 3.12. The normalized spacial score (nSPS) is 13.7. The number of nitrogens with zero attached hydrogens (tertiary/aromatic N) is 2. The molecule has 0 spiro atoms. The van der Waals surface area contributed by atoms with Gasteiger partial charge in [0.25, 0.3) is 5.91 Å². The van der Waals surface area contributed by atoms with E-state index in [1.54, 1.807) is 41.3 Å². The van der Waals surface area contributed by atoms with Crippen LogP contribution in [0.1, 0.15) is 27.6 Å². The van der Waals surface area contributed by atoms with Crippen molar-refractivity contribution in [2.24, 2.45) is 0 Å². The molecule has 1 aliphatic rings. The number of carbonyl (C=O) groups is 3. The Labute approximate surface area is 174 Å². The fraction of sp³-hybridized carbons (Fsp3) is 0.318. The van der Waals surface area contributed by atoms with Crippen molar-refractivity contribution < 1.29 is 28.2 Å². The van der Waals surface area contributed by atoms with E-state index in [0.717, 1.165) is 0 Å². The van der Waals surface area contributed by atoms with Gasteiger partial charge in [0.1, 0.15) is 11.6 Å². The number of piperazine rings is 1. The lowest BCUT2D eigenvalue weighted by atomic mass is 10.1. The van der Waals surface area contributed by atoms with Crippen molar-refractivity contribution in [2.75, 3.05) is 44.8 Å². The Morgan fingerprint density at radius 2 is 1.60 bits per heavy atom. The molecule has 7 nitrogen and oxygen atoms in total. The molecule has 0 bridgehead atoms. The molecule has 2 aromatic carbocycles. The number of halogens is 1. The molecule has 0 radical (unpaired) electrons. The summed E-state index contributed by atoms with van der Waals surface area (Å²) in [4.78, 5) is 38.7. The highest BCUT2D eigenvalue weighted by molar-refractivity contribution is 5.94. The van der Waals surface area contributed by atoms with Gasteiger partial charge in [0.05, 0.1) is 18.4 Å². The summed E-state index contributed by atoms with van der Waals surface area (Å²) in [5.41, 5.74) is 1.16. The molecule has 0 saturated carbocycles. The van der Waals surface area contributed by atoms with Crippen molar-refractivity contribution in [3.63, 3.8) is 0 Å². The van der Waals surface area contributed by atoms with Gasteiger partial charge in [-0.2, -0.15) is 0 Å². The van der Waals surface area contributed by atoms with Gasteiger partial charge in [-0.25, -0.2) is 9.18 Å². The first kappa shape index (κ1) is 21.3. The van der Waals surface area contributed by atoms with Gasteiger partial charge in [-0.15, -0.1) is 0 Å². The van der Waals surface area contributed by atoms with Crippen molar-refractivity contribution in [3.05, 3.63) is 59.4 Å². The lowest BCUT2D eigenvalue weighted by molar-refractivity contribution is -0.133. The van der Waals surface area contributed by atoms with Crippen molar-refractivity contribution in [1.82, 2.24) is 4.90 Å². The third-order valence-electron chi connectivity index (χ3n) is 4.96. The third-order valence-corrected chi connectivity index (χ3v) is 4.96. The largest absolute Gasteiger partial charge is 0.484 e. The summed E-state index contributed by atoms with van der Waals surface area (Å²) in [5, 5.41) is 0. The molecule has 0 aliphatic carbocycles. The first-order chi connectivity index (χ1) is 14.4. The molecule has 158 valence electrons. The van der Waals surface area contributed by atoms with E-state index < -0.39 is 11.8 Å². The highest BCUT2D eigenvalue weighted by Gasteiger charge is 2.23. The van der Waals surface area contributed by atoms with Gasteiger partial charge in [0.2, 0.25) is 0 Å². The summed E-state index contributed by atoms with van der Waals surface area (Å²) < 4.78 is 24.5. The van der Waals surface area contributed by atoms with Gasteiger partial charge in [-0.05, 0) is 49.4 Å². The number of hydrogen-bond acceptors (Lipinski definition) is 6. The minimum Gasteiger partial charge on any atom is -0.484 e. The van der Waals surface area contributed by atoms with E-state index in [1.807, 2.05) is 4.90 Å². The number of benzene rings is 2. The number of rotatable bonds is 6. The maximum Gasteiger partial charge on any atom is 0.337 e. The zero-order valence-electron chi connectivity index (χ0n) is 16.9. The molecule has 1 amide bonds. The lowest BCUT2D eigenvalue weighted by Gasteiger charge is -2.36. The fourth-order valence-corrected chi connectivity index (χ4v) is 3.22. The lowest BCUT2D eigenvalue weighted by Crippen LogP contribution is -2.50. The molecule has 1 aliphatic heterocycles. The van der Waals surface area contributed by atoms with Gasteiger partial charge in [0, 0.05) is 31.7 Å². The molecule has 30 heavy (non-hydrogen) atoms. The monoisotopic (exact) mass is 414 g/mol. The van der Waals surface area contributed by atoms with Crippen LogP contribution < -0.4 is 9.64 Å². The summed E-state index contributed by atoms with van der Waals surface area (Å²) in [6.07, 6.45) is 0. The minimum atomic E-state index is -0.443. The van der Waals surface area contributed by atoms with Crippen LogP contribution in [-0.4, -0.2) is 62.5 Å². The predicted molar refractivity (Wildman–Crippen MR) is 108 cm³/mol. The van der Waals surface area contributed by atoms with Crippen LogP contribution in [0.15, 0.2) is 42.5 Å². The number of hydrogen-bond donors (Lipinski definition) is 0. The van der Waals surface area contributed by atoms with Crippen LogP contribution in [0, 0.1) is 5.82 Å². The molecule has 2 aromatic rings. The van der Waals surface area contributed by atoms with Crippen molar-refractivity contribution in [3.8, 4) is 5.75 Å². The smallest absolute Gasteiger partial charge is 0.337 e. The Balaban J connectivity index is 1.50. The second-order valence-electron chi connectivity index (χ2n) is 6.89. The summed E-state index contributed by atoms with van der Waals surface area (Å²) >= 11 is 0. The quantitative estimate of drug-likeness (QED) is 0.534. The van der Waals surface area contributed by atoms with E-state index in [1.165, 1.54) is 20.1 Å². The molecule has 0 aromatic heterocycles. The van der Waals surface area contributed by atoms with E-state index in [2.05, 4.69) is 4.74 Å². The number of esters is 1. The molecule has 1 saturated heterocycles. The Hall–Kier alpha value is -3.42. The highest BCUT2D eigenvalue weighted by atomic mass is 19.1. The molecule has 0 unspecified atom stereocenters. The van der Waals surface area contributed by atoms with Gasteiger partial charge in [0.15, 0.2) is 12.4 Å². The van der Waals surface area contributed by atoms with E-state index >= 15 is 0 Å². The van der Waals surface area contributed by atoms with E-state index in [0.29, 0.717) is 48.7 Å². The Morgan fingerprint density at radius 3 is 2.17 bits per heavy atom. The zero-order chi connectivity index (χ0) is 21.7. The molecule has 1 fully saturated rings. The van der Waals surface area contributed by atoms with E-state index in [-0.39, 0.29) is 18.3 Å². The number of ether oxygens (including phenoxy) is 2. The number of anilines is 1. The van der Waals surface area contributed by atoms with Crippen LogP contribution in [0.5, 0.6) is 5.75 Å². The number of carbonyl (C=O) groups excluding carboxylic acids is 3. The number of Topliss-reactive ketones (excluding diaryl/α,β-unsaturated/α-hetero) is 1. The van der Waals surface area contributed by atoms with E-state index in [9.17, 15) is 18.8 Å².